The fraction of sp³-hybridized carbons (Fsp3) is 0.594. The molecule has 3 heterocycles. The van der Waals surface area contributed by atoms with Gasteiger partial charge in [-0.15, -0.1) is 0 Å². The second kappa shape index (κ2) is 12.0. The lowest BCUT2D eigenvalue weighted by molar-refractivity contribution is -0.171. The van der Waals surface area contributed by atoms with Crippen molar-refractivity contribution < 1.29 is 14.3 Å². The standard InChI is InChI=1S/C32H47N3O3/c1-21(2)11-13-25-14-12-24(19-34-25)26-20-33-23(5)27(28(26)35-17-15-32(9,10)16-18-35)29(38-31(6,7)8)30(36)37-22(3)4/h11-14,19-22,29H,15-18H2,1-10H3/b13-11-/t29-/m0/s1. The topological polar surface area (TPSA) is 64.5 Å². The van der Waals surface area contributed by atoms with E-state index >= 15 is 0 Å². The molecule has 208 valence electrons. The van der Waals surface area contributed by atoms with E-state index in [1.165, 1.54) is 0 Å². The van der Waals surface area contributed by atoms with Crippen molar-refractivity contribution in [2.45, 2.75) is 99.9 Å². The number of carbonyl (C=O) groups excluding carboxylic acids is 1. The Morgan fingerprint density at radius 1 is 1.05 bits per heavy atom. The molecule has 0 bridgehead atoms. The largest absolute Gasteiger partial charge is 0.461 e. The van der Waals surface area contributed by atoms with Crippen LogP contribution in [0.4, 0.5) is 5.69 Å². The van der Waals surface area contributed by atoms with Crippen LogP contribution < -0.4 is 4.90 Å². The third-order valence-corrected chi connectivity index (χ3v) is 6.77. The highest BCUT2D eigenvalue weighted by molar-refractivity contribution is 5.87. The summed E-state index contributed by atoms with van der Waals surface area (Å²) < 4.78 is 12.2. The molecule has 0 N–H and O–H groups in total. The van der Waals surface area contributed by atoms with E-state index in [2.05, 4.69) is 50.8 Å². The minimum Gasteiger partial charge on any atom is -0.461 e. The van der Waals surface area contributed by atoms with Crippen molar-refractivity contribution in [3.8, 4) is 11.1 Å². The van der Waals surface area contributed by atoms with Gasteiger partial charge >= 0.3 is 5.97 Å². The van der Waals surface area contributed by atoms with Crippen LogP contribution in [0.1, 0.15) is 98.2 Å². The van der Waals surface area contributed by atoms with Crippen molar-refractivity contribution in [1.82, 2.24) is 9.97 Å². The Morgan fingerprint density at radius 3 is 2.24 bits per heavy atom. The van der Waals surface area contributed by atoms with E-state index in [0.29, 0.717) is 5.92 Å². The highest BCUT2D eigenvalue weighted by Gasteiger charge is 2.37. The van der Waals surface area contributed by atoms with E-state index in [9.17, 15) is 4.79 Å². The van der Waals surface area contributed by atoms with Gasteiger partial charge in [0.25, 0.3) is 0 Å². The van der Waals surface area contributed by atoms with E-state index in [-0.39, 0.29) is 17.5 Å². The summed E-state index contributed by atoms with van der Waals surface area (Å²) in [6.07, 6.45) is 8.99. The first-order chi connectivity index (χ1) is 17.7. The van der Waals surface area contributed by atoms with Crippen LogP contribution in [0.5, 0.6) is 0 Å². The summed E-state index contributed by atoms with van der Waals surface area (Å²) in [5, 5.41) is 0. The summed E-state index contributed by atoms with van der Waals surface area (Å²) in [4.78, 5) is 25.4. The Kier molecular flexibility index (Phi) is 9.40. The van der Waals surface area contributed by atoms with E-state index in [1.807, 2.05) is 60.0 Å². The average molecular weight is 522 g/mol. The van der Waals surface area contributed by atoms with Crippen LogP contribution in [0.3, 0.4) is 0 Å². The molecular formula is C32H47N3O3. The molecule has 1 fully saturated rings. The minimum absolute atomic E-state index is 0.250. The van der Waals surface area contributed by atoms with Gasteiger partial charge in [-0.3, -0.25) is 9.97 Å². The third-order valence-electron chi connectivity index (χ3n) is 6.77. The maximum absolute atomic E-state index is 13.5. The van der Waals surface area contributed by atoms with Crippen LogP contribution in [0.25, 0.3) is 17.2 Å². The minimum atomic E-state index is -0.893. The molecule has 0 radical (unpaired) electrons. The van der Waals surface area contributed by atoms with Gasteiger partial charge in [0, 0.05) is 47.9 Å². The summed E-state index contributed by atoms with van der Waals surface area (Å²) in [5.41, 5.74) is 5.11. The number of rotatable bonds is 8. The lowest BCUT2D eigenvalue weighted by atomic mass is 9.82. The zero-order chi connectivity index (χ0) is 28.3. The van der Waals surface area contributed by atoms with E-state index in [0.717, 1.165) is 59.7 Å². The third kappa shape index (κ3) is 7.89. The van der Waals surface area contributed by atoms with Crippen LogP contribution in [-0.2, 0) is 14.3 Å². The maximum Gasteiger partial charge on any atom is 0.340 e. The molecule has 3 rings (SSSR count). The van der Waals surface area contributed by atoms with Crippen LogP contribution >= 0.6 is 0 Å². The van der Waals surface area contributed by atoms with E-state index < -0.39 is 11.7 Å². The lowest BCUT2D eigenvalue weighted by Gasteiger charge is -2.41. The fourth-order valence-corrected chi connectivity index (χ4v) is 4.64. The van der Waals surface area contributed by atoms with Crippen molar-refractivity contribution in [3.63, 3.8) is 0 Å². The zero-order valence-electron chi connectivity index (χ0n) is 25.1. The van der Waals surface area contributed by atoms with Crippen LogP contribution in [0, 0.1) is 18.3 Å². The van der Waals surface area contributed by atoms with Crippen molar-refractivity contribution in [2.24, 2.45) is 11.3 Å². The molecule has 1 aliphatic rings. The molecule has 2 aromatic rings. The second-order valence-corrected chi connectivity index (χ2v) is 12.8. The van der Waals surface area contributed by atoms with Gasteiger partial charge in [-0.05, 0) is 77.9 Å². The first-order valence-corrected chi connectivity index (χ1v) is 13.9. The molecule has 0 spiro atoms. The Morgan fingerprint density at radius 2 is 1.71 bits per heavy atom. The first-order valence-electron chi connectivity index (χ1n) is 13.9. The molecule has 6 heteroatoms. The molecule has 1 saturated heterocycles. The SMILES string of the molecule is Cc1ncc(-c2ccc(/C=C\C(C)C)nc2)c(N2CCC(C)(C)CC2)c1[C@H](OC(C)(C)C)C(=O)OC(C)C. The van der Waals surface area contributed by atoms with Gasteiger partial charge in [-0.2, -0.15) is 0 Å². The molecule has 0 amide bonds. The number of hydrogen-bond donors (Lipinski definition) is 0. The second-order valence-electron chi connectivity index (χ2n) is 12.8. The number of anilines is 1. The molecule has 0 aliphatic carbocycles. The quantitative estimate of drug-likeness (QED) is 0.334. The van der Waals surface area contributed by atoms with Gasteiger partial charge in [0.2, 0.25) is 0 Å². The zero-order valence-corrected chi connectivity index (χ0v) is 25.1. The fourth-order valence-electron chi connectivity index (χ4n) is 4.64. The summed E-state index contributed by atoms with van der Waals surface area (Å²) >= 11 is 0. The Bertz CT molecular complexity index is 1120. The summed E-state index contributed by atoms with van der Waals surface area (Å²) in [7, 11) is 0. The molecule has 0 aromatic carbocycles. The van der Waals surface area contributed by atoms with Gasteiger partial charge in [-0.1, -0.05) is 39.8 Å². The number of pyridine rings is 2. The molecule has 6 nitrogen and oxygen atoms in total. The van der Waals surface area contributed by atoms with Crippen LogP contribution in [0.15, 0.2) is 30.6 Å². The Labute approximate surface area is 229 Å². The maximum atomic E-state index is 13.5. The van der Waals surface area contributed by atoms with Crippen molar-refractivity contribution >= 4 is 17.7 Å². The number of carbonyl (C=O) groups is 1. The van der Waals surface area contributed by atoms with Gasteiger partial charge in [0.1, 0.15) is 0 Å². The predicted octanol–water partition coefficient (Wildman–Crippen LogP) is 7.56. The lowest BCUT2D eigenvalue weighted by Crippen LogP contribution is -2.39. The molecule has 2 aromatic heterocycles. The predicted molar refractivity (Wildman–Crippen MR) is 156 cm³/mol. The van der Waals surface area contributed by atoms with Gasteiger partial charge < -0.3 is 14.4 Å². The molecular weight excluding hydrogens is 474 g/mol. The normalized spacial score (nSPS) is 16.9. The van der Waals surface area contributed by atoms with Crippen molar-refractivity contribution in [3.05, 3.63) is 47.6 Å². The molecule has 0 saturated carbocycles. The highest BCUT2D eigenvalue weighted by Crippen LogP contribution is 2.43. The summed E-state index contributed by atoms with van der Waals surface area (Å²) in [6.45, 7) is 22.3. The number of esters is 1. The van der Waals surface area contributed by atoms with Crippen molar-refractivity contribution in [1.29, 1.82) is 0 Å². The number of nitrogens with zero attached hydrogens (tertiary/aromatic N) is 3. The Hall–Kier alpha value is -2.73. The van der Waals surface area contributed by atoms with Gasteiger partial charge in [-0.25, -0.2) is 4.79 Å². The molecule has 0 unspecified atom stereocenters. The number of piperidine rings is 1. The summed E-state index contributed by atoms with van der Waals surface area (Å²) in [6, 6.07) is 4.12. The molecule has 1 atom stereocenters. The van der Waals surface area contributed by atoms with Crippen LogP contribution in [-0.4, -0.2) is 40.7 Å². The smallest absolute Gasteiger partial charge is 0.340 e. The van der Waals surface area contributed by atoms with Crippen molar-refractivity contribution in [2.75, 3.05) is 18.0 Å². The average Bonchev–Trinajstić information content (AvgIpc) is 2.81. The van der Waals surface area contributed by atoms with E-state index in [4.69, 9.17) is 19.4 Å². The summed E-state index contributed by atoms with van der Waals surface area (Å²) in [5.74, 6) is 0.0727. The van der Waals surface area contributed by atoms with Gasteiger partial charge in [0.05, 0.1) is 23.1 Å². The van der Waals surface area contributed by atoms with Crippen LogP contribution in [0.2, 0.25) is 0 Å². The monoisotopic (exact) mass is 521 g/mol. The number of allylic oxidation sites excluding steroid dienone is 1. The first kappa shape index (κ1) is 29.8. The number of aryl methyl sites for hydroxylation is 1. The number of aromatic nitrogens is 2. The highest BCUT2D eigenvalue weighted by atomic mass is 16.6. The number of hydrogen-bond acceptors (Lipinski definition) is 6. The van der Waals surface area contributed by atoms with E-state index in [1.54, 1.807) is 0 Å². The van der Waals surface area contributed by atoms with Gasteiger partial charge in [0.15, 0.2) is 6.10 Å². The Balaban J connectivity index is 2.20. The molecule has 1 aliphatic heterocycles. The molecule has 38 heavy (non-hydrogen) atoms. The number of ether oxygens (including phenoxy) is 2.